The number of aromatic nitrogens is 4. The molecular formula is C16H10Cl2N6O5S. The Hall–Kier alpha value is -3.35. The van der Waals surface area contributed by atoms with E-state index in [0.717, 1.165) is 12.3 Å². The van der Waals surface area contributed by atoms with Crippen LogP contribution < -0.4 is 10.0 Å². The highest BCUT2D eigenvalue weighted by Gasteiger charge is 2.21. The molecule has 0 saturated heterocycles. The molecule has 3 rings (SSSR count). The fourth-order valence-electron chi connectivity index (χ4n) is 2.17. The molecule has 0 aliphatic rings. The molecule has 11 nitrogen and oxygen atoms in total. The topological polar surface area (TPSA) is 164 Å². The van der Waals surface area contributed by atoms with Crippen molar-refractivity contribution in [3.63, 3.8) is 0 Å². The first kappa shape index (κ1) is 21.4. The second-order valence-electron chi connectivity index (χ2n) is 5.52. The maximum Gasteiger partial charge on any atom is 0.335 e. The third-order valence-corrected chi connectivity index (χ3v) is 5.11. The lowest BCUT2D eigenvalue weighted by Gasteiger charge is -2.09. The fraction of sp³-hybridized carbons (Fsp3) is 0. The number of hydrogen-bond donors (Lipinski definition) is 3. The minimum atomic E-state index is -4.30. The number of carboxylic acids is 1. The van der Waals surface area contributed by atoms with Crippen LogP contribution in [0.15, 0.2) is 47.5 Å². The lowest BCUT2D eigenvalue weighted by molar-refractivity contribution is 0.0696. The van der Waals surface area contributed by atoms with E-state index in [2.05, 4.69) is 25.3 Å². The van der Waals surface area contributed by atoms with E-state index >= 15 is 0 Å². The van der Waals surface area contributed by atoms with Gasteiger partial charge >= 0.3 is 5.97 Å². The van der Waals surface area contributed by atoms with Crippen molar-refractivity contribution in [1.29, 1.82) is 0 Å². The van der Waals surface area contributed by atoms with E-state index in [0.29, 0.717) is 0 Å². The Balaban J connectivity index is 1.82. The summed E-state index contributed by atoms with van der Waals surface area (Å²) in [6.45, 7) is 0. The smallest absolute Gasteiger partial charge is 0.335 e. The molecule has 30 heavy (non-hydrogen) atoms. The van der Waals surface area contributed by atoms with E-state index in [1.807, 2.05) is 4.72 Å². The van der Waals surface area contributed by atoms with E-state index in [4.69, 9.17) is 28.3 Å². The summed E-state index contributed by atoms with van der Waals surface area (Å²) in [5, 5.41) is 11.4. The number of anilines is 2. The number of carboxylic acid groups (broad SMARTS) is 1. The first-order valence-electron chi connectivity index (χ1n) is 7.85. The van der Waals surface area contributed by atoms with Crippen LogP contribution in [0.3, 0.4) is 0 Å². The zero-order chi connectivity index (χ0) is 21.9. The molecule has 154 valence electrons. The molecule has 1 aromatic carbocycles. The second kappa shape index (κ2) is 8.57. The summed E-state index contributed by atoms with van der Waals surface area (Å²) in [7, 11) is -4.30. The second-order valence-corrected chi connectivity index (χ2v) is 7.88. The van der Waals surface area contributed by atoms with Crippen LogP contribution in [0.2, 0.25) is 10.6 Å². The van der Waals surface area contributed by atoms with Crippen LogP contribution in [0.25, 0.3) is 0 Å². The van der Waals surface area contributed by atoms with Crippen LogP contribution in [0, 0.1) is 0 Å². The van der Waals surface area contributed by atoms with E-state index in [-0.39, 0.29) is 38.4 Å². The highest BCUT2D eigenvalue weighted by Crippen LogP contribution is 2.20. The number of carbonyl (C=O) groups excluding carboxylic acids is 1. The number of carbonyl (C=O) groups is 2. The van der Waals surface area contributed by atoms with Crippen LogP contribution in [0.4, 0.5) is 11.6 Å². The first-order valence-corrected chi connectivity index (χ1v) is 10.1. The zero-order valence-corrected chi connectivity index (χ0v) is 16.9. The molecule has 14 heteroatoms. The molecule has 0 unspecified atom stereocenters. The van der Waals surface area contributed by atoms with Gasteiger partial charge in [0.1, 0.15) is 5.69 Å². The summed E-state index contributed by atoms with van der Waals surface area (Å²) in [5.74, 6) is -2.40. The molecule has 0 spiro atoms. The van der Waals surface area contributed by atoms with Crippen molar-refractivity contribution in [2.24, 2.45) is 0 Å². The Bertz CT molecular complexity index is 1230. The lowest BCUT2D eigenvalue weighted by Crippen LogP contribution is -2.31. The van der Waals surface area contributed by atoms with Crippen molar-refractivity contribution in [3.05, 3.63) is 64.4 Å². The Kier molecular flexibility index (Phi) is 6.10. The van der Waals surface area contributed by atoms with Gasteiger partial charge in [-0.25, -0.2) is 17.9 Å². The molecule has 0 aliphatic carbocycles. The quantitative estimate of drug-likeness (QED) is 0.487. The predicted molar refractivity (Wildman–Crippen MR) is 105 cm³/mol. The van der Waals surface area contributed by atoms with Crippen LogP contribution in [-0.4, -0.2) is 45.3 Å². The van der Waals surface area contributed by atoms with Crippen molar-refractivity contribution in [2.75, 3.05) is 5.32 Å². The van der Waals surface area contributed by atoms with E-state index < -0.39 is 21.9 Å². The van der Waals surface area contributed by atoms with Crippen LogP contribution >= 0.6 is 23.2 Å². The predicted octanol–water partition coefficient (Wildman–Crippen LogP) is 2.13. The van der Waals surface area contributed by atoms with E-state index in [9.17, 15) is 18.0 Å². The van der Waals surface area contributed by atoms with Gasteiger partial charge in [0.25, 0.3) is 15.9 Å². The number of sulfonamides is 1. The van der Waals surface area contributed by atoms with Gasteiger partial charge in [-0.05, 0) is 53.5 Å². The highest BCUT2D eigenvalue weighted by atomic mass is 35.5. The van der Waals surface area contributed by atoms with Crippen LogP contribution in [-0.2, 0) is 10.0 Å². The van der Waals surface area contributed by atoms with Crippen LogP contribution in [0.5, 0.6) is 0 Å². The van der Waals surface area contributed by atoms with Gasteiger partial charge in [0.15, 0.2) is 0 Å². The maximum absolute atomic E-state index is 12.6. The molecule has 1 amide bonds. The van der Waals surface area contributed by atoms with Gasteiger partial charge in [-0.2, -0.15) is 15.0 Å². The number of amides is 1. The third kappa shape index (κ3) is 5.17. The summed E-state index contributed by atoms with van der Waals surface area (Å²) in [6, 6.07) is 7.51. The largest absolute Gasteiger partial charge is 0.478 e. The minimum absolute atomic E-state index is 0.0201. The summed E-state index contributed by atoms with van der Waals surface area (Å²) in [4.78, 5) is 37.9. The summed E-state index contributed by atoms with van der Waals surface area (Å²) < 4.78 is 27.0. The average molecular weight is 469 g/mol. The SMILES string of the molecule is O=C(O)c1ccnc(C(=O)NS(=O)(=O)c2cccc(Nc3nc(Cl)nc(Cl)n3)c2)c1. The first-order chi connectivity index (χ1) is 14.1. The Labute approximate surface area is 179 Å². The number of benzene rings is 1. The minimum Gasteiger partial charge on any atom is -0.478 e. The average Bonchev–Trinajstić information content (AvgIpc) is 2.67. The Morgan fingerprint density at radius 1 is 1.00 bits per heavy atom. The number of hydrogen-bond acceptors (Lipinski definition) is 9. The number of rotatable bonds is 6. The molecule has 0 fully saturated rings. The van der Waals surface area contributed by atoms with Gasteiger partial charge in [-0.3, -0.25) is 9.78 Å². The monoisotopic (exact) mass is 468 g/mol. The number of nitrogens with zero attached hydrogens (tertiary/aromatic N) is 4. The van der Waals surface area contributed by atoms with Gasteiger partial charge in [0.05, 0.1) is 10.5 Å². The van der Waals surface area contributed by atoms with Crippen molar-refractivity contribution in [3.8, 4) is 0 Å². The van der Waals surface area contributed by atoms with Gasteiger partial charge < -0.3 is 10.4 Å². The fourth-order valence-corrected chi connectivity index (χ4v) is 3.54. The molecule has 3 aromatic rings. The molecular weight excluding hydrogens is 459 g/mol. The summed E-state index contributed by atoms with van der Waals surface area (Å²) in [6.07, 6.45) is 1.08. The Morgan fingerprint density at radius 2 is 1.70 bits per heavy atom. The highest BCUT2D eigenvalue weighted by molar-refractivity contribution is 7.90. The third-order valence-electron chi connectivity index (χ3n) is 3.45. The molecule has 0 aliphatic heterocycles. The van der Waals surface area contributed by atoms with Crippen LogP contribution in [0.1, 0.15) is 20.8 Å². The maximum atomic E-state index is 12.6. The summed E-state index contributed by atoms with van der Waals surface area (Å²) in [5.41, 5.74) is -0.328. The van der Waals surface area contributed by atoms with E-state index in [1.54, 1.807) is 0 Å². The molecule has 0 saturated carbocycles. The Morgan fingerprint density at radius 3 is 2.37 bits per heavy atom. The van der Waals surface area contributed by atoms with Crippen molar-refractivity contribution in [1.82, 2.24) is 24.7 Å². The normalized spacial score (nSPS) is 11.0. The molecule has 2 aromatic heterocycles. The van der Waals surface area contributed by atoms with Crippen molar-refractivity contribution >= 4 is 56.7 Å². The number of aromatic carboxylic acids is 1. The molecule has 0 bridgehead atoms. The standard InChI is InChI=1S/C16H10Cl2N6O5S/c17-14-21-15(18)23-16(22-14)20-9-2-1-3-10(7-9)30(28,29)24-12(25)11-6-8(13(26)27)4-5-19-11/h1-7H,(H,24,25)(H,26,27)(H,20,21,22,23). The van der Waals surface area contributed by atoms with E-state index in [1.165, 1.54) is 30.3 Å². The van der Waals surface area contributed by atoms with Gasteiger partial charge in [0, 0.05) is 11.9 Å². The van der Waals surface area contributed by atoms with Crippen molar-refractivity contribution < 1.29 is 23.1 Å². The number of halogens is 2. The zero-order valence-electron chi connectivity index (χ0n) is 14.6. The lowest BCUT2D eigenvalue weighted by atomic mass is 10.2. The molecule has 3 N–H and O–H groups in total. The van der Waals surface area contributed by atoms with Gasteiger partial charge in [0.2, 0.25) is 16.5 Å². The number of pyridine rings is 1. The molecule has 0 radical (unpaired) electrons. The van der Waals surface area contributed by atoms with Crippen molar-refractivity contribution in [2.45, 2.75) is 4.90 Å². The van der Waals surface area contributed by atoms with Gasteiger partial charge in [-0.15, -0.1) is 0 Å². The molecule has 2 heterocycles. The number of nitrogens with one attached hydrogen (secondary N) is 2. The van der Waals surface area contributed by atoms with Gasteiger partial charge in [-0.1, -0.05) is 6.07 Å². The molecule has 0 atom stereocenters. The summed E-state index contributed by atoms with van der Waals surface area (Å²) >= 11 is 11.4.